The lowest BCUT2D eigenvalue weighted by Gasteiger charge is -2.36. The second-order valence-corrected chi connectivity index (χ2v) is 11.9. The molecule has 184 valence electrons. The molecular weight excluding hydrogens is 440 g/mol. The molecule has 0 aliphatic carbocycles. The molecule has 0 radical (unpaired) electrons. The van der Waals surface area contributed by atoms with Gasteiger partial charge >= 0.3 is 6.09 Å². The third-order valence-electron chi connectivity index (χ3n) is 7.06. The first kappa shape index (κ1) is 24.3. The van der Waals surface area contributed by atoms with Crippen LogP contribution < -0.4 is 9.64 Å². The molecule has 3 aliphatic heterocycles. The monoisotopic (exact) mass is 478 g/mol. The van der Waals surface area contributed by atoms with Gasteiger partial charge in [0.2, 0.25) is 0 Å². The van der Waals surface area contributed by atoms with Gasteiger partial charge in [-0.25, -0.2) is 18.3 Å². The Morgan fingerprint density at radius 1 is 1.18 bits per heavy atom. The maximum atomic E-state index is 12.3. The van der Waals surface area contributed by atoms with Crippen LogP contribution in [0.4, 0.5) is 10.6 Å². The van der Waals surface area contributed by atoms with Crippen LogP contribution in [-0.4, -0.2) is 81.7 Å². The fraction of sp³-hybridized carbons (Fsp3) is 0.750. The van der Waals surface area contributed by atoms with Crippen molar-refractivity contribution >= 4 is 22.9 Å². The third-order valence-corrected chi connectivity index (χ3v) is 8.17. The van der Waals surface area contributed by atoms with E-state index in [9.17, 15) is 9.00 Å². The minimum absolute atomic E-state index is 0.150. The van der Waals surface area contributed by atoms with Crippen LogP contribution in [0.25, 0.3) is 0 Å². The number of amides is 1. The Morgan fingerprint density at radius 2 is 1.85 bits per heavy atom. The number of carbonyl (C=O) groups excluding carboxylic acids is 1. The lowest BCUT2D eigenvalue weighted by Crippen LogP contribution is -2.44. The van der Waals surface area contributed by atoms with Crippen LogP contribution in [0.3, 0.4) is 0 Å². The van der Waals surface area contributed by atoms with E-state index < -0.39 is 16.6 Å². The van der Waals surface area contributed by atoms with Crippen molar-refractivity contribution in [2.24, 2.45) is 5.92 Å². The predicted octanol–water partition coefficient (Wildman–Crippen LogP) is 3.23. The predicted molar refractivity (Wildman–Crippen MR) is 130 cm³/mol. The van der Waals surface area contributed by atoms with Gasteiger partial charge in [0.05, 0.1) is 17.2 Å². The van der Waals surface area contributed by atoms with E-state index in [0.29, 0.717) is 25.0 Å². The van der Waals surface area contributed by atoms with Crippen molar-refractivity contribution in [1.29, 1.82) is 0 Å². The molecule has 8 nitrogen and oxygen atoms in total. The lowest BCUT2D eigenvalue weighted by molar-refractivity contribution is 0.0123. The van der Waals surface area contributed by atoms with Crippen molar-refractivity contribution in [3.63, 3.8) is 0 Å². The van der Waals surface area contributed by atoms with Crippen LogP contribution in [0.1, 0.15) is 52.0 Å². The molecule has 0 aromatic carbocycles. The average molecular weight is 479 g/mol. The van der Waals surface area contributed by atoms with Crippen molar-refractivity contribution in [2.45, 2.75) is 70.6 Å². The molecular formula is C24H38N4O4S. The smallest absolute Gasteiger partial charge is 0.410 e. The van der Waals surface area contributed by atoms with E-state index in [1.165, 1.54) is 5.56 Å². The molecule has 0 N–H and O–H groups in total. The van der Waals surface area contributed by atoms with Crippen LogP contribution in [0.15, 0.2) is 12.3 Å². The molecule has 2 unspecified atom stereocenters. The fourth-order valence-electron chi connectivity index (χ4n) is 5.04. The summed E-state index contributed by atoms with van der Waals surface area (Å²) < 4.78 is 25.5. The highest BCUT2D eigenvalue weighted by molar-refractivity contribution is 7.81. The summed E-state index contributed by atoms with van der Waals surface area (Å²) in [7, 11) is 1.02. The van der Waals surface area contributed by atoms with E-state index in [4.69, 9.17) is 9.47 Å². The molecule has 33 heavy (non-hydrogen) atoms. The van der Waals surface area contributed by atoms with Gasteiger partial charge in [-0.2, -0.15) is 0 Å². The zero-order valence-corrected chi connectivity index (χ0v) is 21.4. The number of piperidine rings is 2. The number of hydrogen-bond donors (Lipinski definition) is 0. The largest absolute Gasteiger partial charge is 0.488 e. The number of likely N-dealkylation sites (tertiary alicyclic amines) is 1. The van der Waals surface area contributed by atoms with E-state index in [2.05, 4.69) is 16.0 Å². The van der Waals surface area contributed by atoms with E-state index in [1.54, 1.807) is 6.26 Å². The molecule has 1 amide bonds. The zero-order chi connectivity index (χ0) is 23.8. The number of nitrogens with zero attached hydrogens (tertiary/aromatic N) is 4. The van der Waals surface area contributed by atoms with Gasteiger partial charge in [0.15, 0.2) is 0 Å². The molecule has 4 heterocycles. The Hall–Kier alpha value is -1.87. The van der Waals surface area contributed by atoms with Gasteiger partial charge in [-0.15, -0.1) is 0 Å². The normalized spacial score (nSPS) is 23.4. The van der Waals surface area contributed by atoms with Crippen molar-refractivity contribution in [1.82, 2.24) is 14.2 Å². The number of rotatable bonds is 4. The van der Waals surface area contributed by atoms with Gasteiger partial charge in [-0.1, -0.05) is 0 Å². The molecule has 2 atom stereocenters. The zero-order valence-electron chi connectivity index (χ0n) is 20.6. The molecule has 9 heteroatoms. The molecule has 2 fully saturated rings. The first-order valence-corrected chi connectivity index (χ1v) is 13.6. The summed E-state index contributed by atoms with van der Waals surface area (Å²) in [5.74, 6) is 2.34. The maximum Gasteiger partial charge on any atom is 0.410 e. The van der Waals surface area contributed by atoms with E-state index in [1.807, 2.05) is 43.2 Å². The van der Waals surface area contributed by atoms with Crippen molar-refractivity contribution in [2.75, 3.05) is 44.4 Å². The van der Waals surface area contributed by atoms with E-state index in [0.717, 1.165) is 56.8 Å². The number of ether oxygens (including phenoxy) is 2. The van der Waals surface area contributed by atoms with Crippen LogP contribution in [0, 0.1) is 5.92 Å². The third kappa shape index (κ3) is 5.80. The number of aromatic nitrogens is 1. The first-order valence-electron chi connectivity index (χ1n) is 12.1. The molecule has 0 bridgehead atoms. The Kier molecular flexibility index (Phi) is 7.19. The van der Waals surface area contributed by atoms with Crippen LogP contribution in [0.5, 0.6) is 5.75 Å². The van der Waals surface area contributed by atoms with Crippen LogP contribution in [-0.2, 0) is 22.1 Å². The summed E-state index contributed by atoms with van der Waals surface area (Å²) >= 11 is 0. The number of fused-ring (bicyclic) bond motifs is 1. The summed E-state index contributed by atoms with van der Waals surface area (Å²) in [5.41, 5.74) is 0.767. The van der Waals surface area contributed by atoms with Gasteiger partial charge in [-0.05, 0) is 58.4 Å². The molecule has 0 saturated carbocycles. The lowest BCUT2D eigenvalue weighted by atomic mass is 9.89. The number of hydrogen-bond acceptors (Lipinski definition) is 6. The van der Waals surface area contributed by atoms with Crippen molar-refractivity contribution < 1.29 is 18.5 Å². The van der Waals surface area contributed by atoms with Gasteiger partial charge in [0.1, 0.15) is 23.3 Å². The van der Waals surface area contributed by atoms with E-state index in [-0.39, 0.29) is 12.2 Å². The second kappa shape index (κ2) is 9.78. The highest BCUT2D eigenvalue weighted by Crippen LogP contribution is 2.37. The molecule has 0 spiro atoms. The van der Waals surface area contributed by atoms with Gasteiger partial charge in [-0.3, -0.25) is 0 Å². The SMILES string of the molecule is CN(C1CCN(c2cc3c(cn2)OC(C2CCN(C(=O)OC(C)(C)C)CC2)C3)CC1)S(C)=O. The Balaban J connectivity index is 1.29. The minimum Gasteiger partial charge on any atom is -0.488 e. The van der Waals surface area contributed by atoms with E-state index >= 15 is 0 Å². The summed E-state index contributed by atoms with van der Waals surface area (Å²) in [4.78, 5) is 21.2. The summed E-state index contributed by atoms with van der Waals surface area (Å²) in [5, 5.41) is 0. The highest BCUT2D eigenvalue weighted by atomic mass is 32.2. The van der Waals surface area contributed by atoms with Gasteiger partial charge in [0, 0.05) is 57.5 Å². The number of pyridine rings is 1. The summed E-state index contributed by atoms with van der Waals surface area (Å²) in [6.07, 6.45) is 8.29. The van der Waals surface area contributed by atoms with Crippen LogP contribution in [0.2, 0.25) is 0 Å². The fourth-order valence-corrected chi connectivity index (χ4v) is 5.67. The Labute approximate surface area is 200 Å². The summed E-state index contributed by atoms with van der Waals surface area (Å²) in [6.45, 7) is 8.97. The summed E-state index contributed by atoms with van der Waals surface area (Å²) in [6, 6.07) is 2.55. The average Bonchev–Trinajstić information content (AvgIpc) is 3.21. The second-order valence-electron chi connectivity index (χ2n) is 10.5. The molecule has 1 aromatic rings. The topological polar surface area (TPSA) is 75.2 Å². The van der Waals surface area contributed by atoms with Crippen molar-refractivity contribution in [3.05, 3.63) is 17.8 Å². The molecule has 1 aromatic heterocycles. The van der Waals surface area contributed by atoms with Crippen molar-refractivity contribution in [3.8, 4) is 5.75 Å². The molecule has 2 saturated heterocycles. The minimum atomic E-state index is -0.926. The highest BCUT2D eigenvalue weighted by Gasteiger charge is 2.35. The van der Waals surface area contributed by atoms with Gasteiger partial charge in [0.25, 0.3) is 0 Å². The van der Waals surface area contributed by atoms with Gasteiger partial charge < -0.3 is 19.3 Å². The molecule has 4 rings (SSSR count). The number of anilines is 1. The molecule has 3 aliphatic rings. The first-order chi connectivity index (χ1) is 15.6. The Bertz CT molecular complexity index is 874. The quantitative estimate of drug-likeness (QED) is 0.662. The standard InChI is InChI=1S/C24H38N4O4S/c1-24(2,3)32-23(29)28-10-6-17(7-11-28)20-14-18-15-22(25-16-21(18)31-20)27-12-8-19(9-13-27)26(4)33(5)30/h15-17,19-20H,6-14H2,1-5H3. The maximum absolute atomic E-state index is 12.3. The number of carbonyl (C=O) groups is 1. The Morgan fingerprint density at radius 3 is 2.45 bits per heavy atom. The van der Waals surface area contributed by atoms with Crippen LogP contribution >= 0.6 is 0 Å².